The molecule has 0 fully saturated rings. The summed E-state index contributed by atoms with van der Waals surface area (Å²) in [6, 6.07) is 5.57. The molecule has 86 valence electrons. The van der Waals surface area contributed by atoms with Crippen molar-refractivity contribution in [3.8, 4) is 18.4 Å². The van der Waals surface area contributed by atoms with Gasteiger partial charge < -0.3 is 10.4 Å². The Labute approximate surface area is 104 Å². The average Bonchev–Trinajstić information content (AvgIpc) is 2.28. The number of aliphatic carboxylic acids is 1. The van der Waals surface area contributed by atoms with Crippen molar-refractivity contribution < 1.29 is 9.90 Å². The zero-order valence-electron chi connectivity index (χ0n) is 8.77. The second-order valence-electron chi connectivity index (χ2n) is 3.25. The zero-order chi connectivity index (χ0) is 12.8. The molecule has 0 heterocycles. The van der Waals surface area contributed by atoms with Crippen LogP contribution in [0.15, 0.2) is 18.2 Å². The molecular formula is C12H9ClN2O2. The van der Waals surface area contributed by atoms with Gasteiger partial charge >= 0.3 is 5.97 Å². The number of hydrogen-bond donors (Lipinski definition) is 2. The molecule has 0 bridgehead atoms. The van der Waals surface area contributed by atoms with E-state index in [1.165, 1.54) is 12.1 Å². The van der Waals surface area contributed by atoms with Crippen LogP contribution in [0.2, 0.25) is 5.02 Å². The molecule has 17 heavy (non-hydrogen) atoms. The Kier molecular flexibility index (Phi) is 4.39. The number of rotatable bonds is 4. The third-order valence-electron chi connectivity index (χ3n) is 2.05. The third kappa shape index (κ3) is 3.41. The highest BCUT2D eigenvalue weighted by atomic mass is 35.5. The largest absolute Gasteiger partial charge is 0.480 e. The fraction of sp³-hybridized carbons (Fsp3) is 0.167. The molecule has 1 aromatic carbocycles. The van der Waals surface area contributed by atoms with Crippen molar-refractivity contribution in [2.45, 2.75) is 12.5 Å². The Morgan fingerprint density at radius 2 is 2.35 bits per heavy atom. The number of nitrogens with one attached hydrogen (secondary N) is 1. The van der Waals surface area contributed by atoms with Gasteiger partial charge in [0.1, 0.15) is 12.1 Å². The lowest BCUT2D eigenvalue weighted by Crippen LogP contribution is -2.29. The predicted molar refractivity (Wildman–Crippen MR) is 64.7 cm³/mol. The van der Waals surface area contributed by atoms with Crippen LogP contribution in [0.25, 0.3) is 0 Å². The number of anilines is 1. The summed E-state index contributed by atoms with van der Waals surface area (Å²) in [5.74, 6) is 1.19. The highest BCUT2D eigenvalue weighted by Crippen LogP contribution is 2.21. The minimum atomic E-state index is -1.08. The molecule has 1 unspecified atom stereocenters. The summed E-state index contributed by atoms with van der Waals surface area (Å²) in [5, 5.41) is 20.9. The van der Waals surface area contributed by atoms with Gasteiger partial charge in [-0.2, -0.15) is 5.26 Å². The number of carbonyl (C=O) groups is 1. The summed E-state index contributed by atoms with van der Waals surface area (Å²) in [6.07, 6.45) is 5.10. The van der Waals surface area contributed by atoms with Crippen LogP contribution >= 0.6 is 11.6 Å². The molecule has 4 nitrogen and oxygen atoms in total. The number of terminal acetylenes is 1. The molecule has 0 amide bonds. The fourth-order valence-electron chi connectivity index (χ4n) is 1.24. The van der Waals surface area contributed by atoms with Crippen molar-refractivity contribution in [2.75, 3.05) is 5.32 Å². The second-order valence-corrected chi connectivity index (χ2v) is 3.68. The van der Waals surface area contributed by atoms with Gasteiger partial charge in [0.2, 0.25) is 0 Å². The van der Waals surface area contributed by atoms with Crippen molar-refractivity contribution in [3.05, 3.63) is 28.8 Å². The normalized spacial score (nSPS) is 11.0. The molecule has 0 aliphatic heterocycles. The smallest absolute Gasteiger partial charge is 0.327 e. The zero-order valence-corrected chi connectivity index (χ0v) is 9.53. The lowest BCUT2D eigenvalue weighted by Gasteiger charge is -2.14. The van der Waals surface area contributed by atoms with Crippen LogP contribution in [0.5, 0.6) is 0 Å². The van der Waals surface area contributed by atoms with E-state index in [0.29, 0.717) is 16.3 Å². The van der Waals surface area contributed by atoms with Crippen LogP contribution in [0, 0.1) is 23.7 Å². The molecule has 0 saturated heterocycles. The number of carboxylic acid groups (broad SMARTS) is 1. The maximum Gasteiger partial charge on any atom is 0.327 e. The molecule has 5 heteroatoms. The Morgan fingerprint density at radius 3 is 2.88 bits per heavy atom. The van der Waals surface area contributed by atoms with Gasteiger partial charge in [-0.05, 0) is 18.2 Å². The molecule has 0 saturated carbocycles. The van der Waals surface area contributed by atoms with Gasteiger partial charge in [-0.15, -0.1) is 12.3 Å². The highest BCUT2D eigenvalue weighted by Gasteiger charge is 2.17. The average molecular weight is 249 g/mol. The van der Waals surface area contributed by atoms with Gasteiger partial charge in [-0.25, -0.2) is 4.79 Å². The van der Waals surface area contributed by atoms with E-state index < -0.39 is 12.0 Å². The maximum atomic E-state index is 10.9. The van der Waals surface area contributed by atoms with E-state index in [-0.39, 0.29) is 6.42 Å². The number of hydrogen-bond acceptors (Lipinski definition) is 3. The summed E-state index contributed by atoms with van der Waals surface area (Å²) in [7, 11) is 0. The van der Waals surface area contributed by atoms with Gasteiger partial charge in [0.05, 0.1) is 11.3 Å². The quantitative estimate of drug-likeness (QED) is 0.801. The molecular weight excluding hydrogens is 240 g/mol. The van der Waals surface area contributed by atoms with Gasteiger partial charge in [-0.3, -0.25) is 0 Å². The SMILES string of the molecule is C#CCC(Nc1cc(Cl)ccc1C#N)C(=O)O. The van der Waals surface area contributed by atoms with Crippen LogP contribution in [0.4, 0.5) is 5.69 Å². The van der Waals surface area contributed by atoms with Gasteiger partial charge in [0, 0.05) is 11.4 Å². The molecule has 0 aliphatic rings. The van der Waals surface area contributed by atoms with Crippen LogP contribution in [0.3, 0.4) is 0 Å². The highest BCUT2D eigenvalue weighted by molar-refractivity contribution is 6.30. The van der Waals surface area contributed by atoms with E-state index >= 15 is 0 Å². The van der Waals surface area contributed by atoms with Crippen molar-refractivity contribution in [2.24, 2.45) is 0 Å². The summed E-state index contributed by atoms with van der Waals surface area (Å²) in [5.41, 5.74) is 0.681. The summed E-state index contributed by atoms with van der Waals surface area (Å²) in [6.45, 7) is 0. The van der Waals surface area contributed by atoms with Gasteiger partial charge in [0.15, 0.2) is 0 Å². The third-order valence-corrected chi connectivity index (χ3v) is 2.29. The van der Waals surface area contributed by atoms with Gasteiger partial charge in [0.25, 0.3) is 0 Å². The van der Waals surface area contributed by atoms with Crippen molar-refractivity contribution in [3.63, 3.8) is 0 Å². The standard InChI is InChI=1S/C12H9ClN2O2/c1-2-3-10(12(16)17)15-11-6-9(13)5-4-8(11)7-14/h1,4-6,10,15H,3H2,(H,16,17). The van der Waals surface area contributed by atoms with Gasteiger partial charge in [-0.1, -0.05) is 11.6 Å². The number of carboxylic acids is 1. The van der Waals surface area contributed by atoms with Crippen LogP contribution < -0.4 is 5.32 Å². The van der Waals surface area contributed by atoms with E-state index in [1.54, 1.807) is 6.07 Å². The van der Waals surface area contributed by atoms with Crippen LogP contribution in [0.1, 0.15) is 12.0 Å². The molecule has 1 rings (SSSR count). The lowest BCUT2D eigenvalue weighted by atomic mass is 10.1. The van der Waals surface area contributed by atoms with Crippen LogP contribution in [-0.2, 0) is 4.79 Å². The Morgan fingerprint density at radius 1 is 1.65 bits per heavy atom. The number of nitrogens with zero attached hydrogens (tertiary/aromatic N) is 1. The predicted octanol–water partition coefficient (Wildman–Crippen LogP) is 2.10. The van der Waals surface area contributed by atoms with Crippen LogP contribution in [-0.4, -0.2) is 17.1 Å². The summed E-state index contributed by atoms with van der Waals surface area (Å²) in [4.78, 5) is 10.9. The lowest BCUT2D eigenvalue weighted by molar-refractivity contribution is -0.137. The minimum Gasteiger partial charge on any atom is -0.480 e. The number of benzene rings is 1. The first-order valence-corrected chi connectivity index (χ1v) is 5.08. The Balaban J connectivity index is 3.01. The molecule has 2 N–H and O–H groups in total. The van der Waals surface area contributed by atoms with E-state index in [4.69, 9.17) is 28.4 Å². The molecule has 0 radical (unpaired) electrons. The van der Waals surface area contributed by atoms with Crippen molar-refractivity contribution in [1.29, 1.82) is 5.26 Å². The first-order valence-electron chi connectivity index (χ1n) is 4.71. The van der Waals surface area contributed by atoms with Crippen molar-refractivity contribution in [1.82, 2.24) is 0 Å². The molecule has 0 spiro atoms. The number of halogens is 1. The Bertz CT molecular complexity index is 514. The van der Waals surface area contributed by atoms with E-state index in [9.17, 15) is 4.79 Å². The van der Waals surface area contributed by atoms with E-state index in [2.05, 4.69) is 11.2 Å². The first-order chi connectivity index (χ1) is 8.08. The second kappa shape index (κ2) is 5.79. The topological polar surface area (TPSA) is 73.1 Å². The maximum absolute atomic E-state index is 10.9. The first kappa shape index (κ1) is 12.9. The van der Waals surface area contributed by atoms with E-state index in [0.717, 1.165) is 0 Å². The van der Waals surface area contributed by atoms with Crippen molar-refractivity contribution >= 4 is 23.3 Å². The molecule has 0 aliphatic carbocycles. The number of nitriles is 1. The molecule has 1 aromatic rings. The Hall–Kier alpha value is -2.17. The molecule has 0 aromatic heterocycles. The monoisotopic (exact) mass is 248 g/mol. The summed E-state index contributed by atoms with van der Waals surface area (Å²) >= 11 is 5.78. The van der Waals surface area contributed by atoms with E-state index in [1.807, 2.05) is 6.07 Å². The fourth-order valence-corrected chi connectivity index (χ4v) is 1.41. The minimum absolute atomic E-state index is 0.0206. The molecule has 1 atom stereocenters. The summed E-state index contributed by atoms with van der Waals surface area (Å²) < 4.78 is 0.